The molecule has 0 spiro atoms. The van der Waals surface area contributed by atoms with E-state index >= 15 is 0 Å². The first kappa shape index (κ1) is 23.8. The summed E-state index contributed by atoms with van der Waals surface area (Å²) in [6, 6.07) is 17.7. The number of rotatable bonds is 7. The summed E-state index contributed by atoms with van der Waals surface area (Å²) in [5, 5.41) is 2.73. The molecular weight excluding hydrogens is 468 g/mol. The maximum atomic E-state index is 13.0. The molecule has 10 heteroatoms. The van der Waals surface area contributed by atoms with Crippen LogP contribution in [0, 0.1) is 13.8 Å². The topological polar surface area (TPSA) is 122 Å². The fourth-order valence-electron chi connectivity index (χ4n) is 3.58. The zero-order chi connectivity index (χ0) is 25.2. The molecular formula is C25H24N4O5S. The van der Waals surface area contributed by atoms with E-state index in [1.165, 1.54) is 17.7 Å². The first-order valence-electron chi connectivity index (χ1n) is 10.6. The molecule has 4 rings (SSSR count). The summed E-state index contributed by atoms with van der Waals surface area (Å²) in [6.07, 6.45) is 1.61. The maximum absolute atomic E-state index is 13.0. The van der Waals surface area contributed by atoms with Crippen LogP contribution in [0.15, 0.2) is 82.6 Å². The Bertz CT molecular complexity index is 1540. The van der Waals surface area contributed by atoms with Crippen LogP contribution in [-0.2, 0) is 10.0 Å². The highest BCUT2D eigenvalue weighted by atomic mass is 32.2. The van der Waals surface area contributed by atoms with E-state index in [-0.39, 0.29) is 10.6 Å². The van der Waals surface area contributed by atoms with Crippen molar-refractivity contribution in [3.63, 3.8) is 0 Å². The molecule has 0 saturated carbocycles. The van der Waals surface area contributed by atoms with Crippen LogP contribution in [0.1, 0.15) is 21.6 Å². The van der Waals surface area contributed by atoms with Gasteiger partial charge in [0.1, 0.15) is 5.75 Å². The summed E-state index contributed by atoms with van der Waals surface area (Å²) >= 11 is 0. The quantitative estimate of drug-likeness (QED) is 0.362. The number of hydrogen-bond donors (Lipinski definition) is 3. The number of amides is 1. The lowest BCUT2D eigenvalue weighted by Crippen LogP contribution is -2.17. The van der Waals surface area contributed by atoms with Gasteiger partial charge in [0, 0.05) is 28.8 Å². The summed E-state index contributed by atoms with van der Waals surface area (Å²) in [4.78, 5) is 27.4. The molecule has 1 aromatic heterocycles. The molecule has 3 aromatic carbocycles. The number of ether oxygens (including phenoxy) is 1. The fraction of sp³-hybridized carbons (Fsp3) is 0.120. The number of sulfonamides is 1. The van der Waals surface area contributed by atoms with E-state index in [1.54, 1.807) is 80.7 Å². The standard InChI is InChI=1S/C25H24N4O5S/c1-16-4-7-20(14-23(16)35(32,33)28-19-8-12-22(34-3)13-9-19)27-24(30)18-5-10-21(11-6-18)29-17(2)15-26-25(29)31/h4-15,28H,1-3H3,(H,26,31)(H,27,30). The number of aryl methyl sites for hydroxylation is 2. The van der Waals surface area contributed by atoms with Crippen molar-refractivity contribution in [2.45, 2.75) is 18.7 Å². The Labute approximate surface area is 202 Å². The zero-order valence-electron chi connectivity index (χ0n) is 19.3. The first-order valence-corrected chi connectivity index (χ1v) is 12.1. The summed E-state index contributed by atoms with van der Waals surface area (Å²) in [7, 11) is -2.37. The fourth-order valence-corrected chi connectivity index (χ4v) is 4.91. The van der Waals surface area contributed by atoms with Crippen LogP contribution >= 0.6 is 0 Å². The average molecular weight is 493 g/mol. The Balaban J connectivity index is 1.53. The van der Waals surface area contributed by atoms with Gasteiger partial charge in [-0.25, -0.2) is 13.2 Å². The van der Waals surface area contributed by atoms with Gasteiger partial charge in [-0.2, -0.15) is 0 Å². The number of imidazole rings is 1. The molecule has 9 nitrogen and oxygen atoms in total. The predicted molar refractivity (Wildman–Crippen MR) is 134 cm³/mol. The first-order chi connectivity index (χ1) is 16.7. The molecule has 0 saturated heterocycles. The molecule has 1 heterocycles. The van der Waals surface area contributed by atoms with Gasteiger partial charge >= 0.3 is 5.69 Å². The summed E-state index contributed by atoms with van der Waals surface area (Å²) in [5.74, 6) is 0.196. The number of anilines is 2. The zero-order valence-corrected chi connectivity index (χ0v) is 20.1. The molecule has 0 aliphatic rings. The normalized spacial score (nSPS) is 11.2. The minimum atomic E-state index is -3.90. The third-order valence-electron chi connectivity index (χ3n) is 5.43. The highest BCUT2D eigenvalue weighted by molar-refractivity contribution is 7.92. The van der Waals surface area contributed by atoms with Crippen LogP contribution in [0.25, 0.3) is 5.69 Å². The second-order valence-electron chi connectivity index (χ2n) is 7.89. The van der Waals surface area contributed by atoms with Crippen LogP contribution in [0.5, 0.6) is 5.75 Å². The Morgan fingerprint density at radius 2 is 1.60 bits per heavy atom. The predicted octanol–water partition coefficient (Wildman–Crippen LogP) is 3.84. The van der Waals surface area contributed by atoms with E-state index in [0.717, 1.165) is 5.69 Å². The molecule has 0 aliphatic heterocycles. The second kappa shape index (κ2) is 9.51. The molecule has 0 radical (unpaired) electrons. The van der Waals surface area contributed by atoms with E-state index in [9.17, 15) is 18.0 Å². The van der Waals surface area contributed by atoms with E-state index < -0.39 is 15.9 Å². The van der Waals surface area contributed by atoms with Crippen molar-refractivity contribution in [1.82, 2.24) is 9.55 Å². The third-order valence-corrected chi connectivity index (χ3v) is 6.95. The molecule has 0 unspecified atom stereocenters. The van der Waals surface area contributed by atoms with Crippen LogP contribution in [0.3, 0.4) is 0 Å². The van der Waals surface area contributed by atoms with Gasteiger partial charge in [0.05, 0.1) is 17.7 Å². The van der Waals surface area contributed by atoms with Crippen molar-refractivity contribution >= 4 is 27.3 Å². The number of nitrogens with one attached hydrogen (secondary N) is 3. The van der Waals surface area contributed by atoms with Gasteiger partial charge in [-0.3, -0.25) is 14.1 Å². The van der Waals surface area contributed by atoms with Crippen molar-refractivity contribution in [1.29, 1.82) is 0 Å². The van der Waals surface area contributed by atoms with Gasteiger partial charge in [-0.15, -0.1) is 0 Å². The smallest absolute Gasteiger partial charge is 0.330 e. The van der Waals surface area contributed by atoms with E-state index in [0.29, 0.717) is 33.9 Å². The molecule has 35 heavy (non-hydrogen) atoms. The summed E-state index contributed by atoms with van der Waals surface area (Å²) < 4.78 is 35.1. The molecule has 4 aromatic rings. The number of aromatic amines is 1. The maximum Gasteiger partial charge on any atom is 0.330 e. The monoisotopic (exact) mass is 492 g/mol. The Morgan fingerprint density at radius 1 is 0.943 bits per heavy atom. The van der Waals surface area contributed by atoms with E-state index in [4.69, 9.17) is 4.74 Å². The molecule has 0 aliphatic carbocycles. The number of methoxy groups -OCH3 is 1. The SMILES string of the molecule is COc1ccc(NS(=O)(=O)c2cc(NC(=O)c3ccc(-n4c(C)c[nH]c4=O)cc3)ccc2C)cc1. The van der Waals surface area contributed by atoms with Gasteiger partial charge in [0.2, 0.25) is 0 Å². The van der Waals surface area contributed by atoms with Gasteiger partial charge in [0.25, 0.3) is 15.9 Å². The minimum Gasteiger partial charge on any atom is -0.497 e. The van der Waals surface area contributed by atoms with Crippen molar-refractivity contribution in [3.8, 4) is 11.4 Å². The summed E-state index contributed by atoms with van der Waals surface area (Å²) in [6.45, 7) is 3.48. The molecule has 0 atom stereocenters. The Hall–Kier alpha value is -4.31. The number of carbonyl (C=O) groups is 1. The van der Waals surface area contributed by atoms with Crippen molar-refractivity contribution < 1.29 is 17.9 Å². The number of carbonyl (C=O) groups excluding carboxylic acids is 1. The van der Waals surface area contributed by atoms with Gasteiger partial charge in [-0.1, -0.05) is 6.07 Å². The summed E-state index contributed by atoms with van der Waals surface area (Å²) in [5.41, 5.74) is 2.70. The molecule has 3 N–H and O–H groups in total. The lowest BCUT2D eigenvalue weighted by molar-refractivity contribution is 0.102. The highest BCUT2D eigenvalue weighted by Crippen LogP contribution is 2.24. The number of aromatic nitrogens is 2. The van der Waals surface area contributed by atoms with Crippen molar-refractivity contribution in [3.05, 3.63) is 100 Å². The Morgan fingerprint density at radius 3 is 2.20 bits per heavy atom. The van der Waals surface area contributed by atoms with Gasteiger partial charge in [-0.05, 0) is 80.1 Å². The van der Waals surface area contributed by atoms with E-state index in [2.05, 4.69) is 15.0 Å². The van der Waals surface area contributed by atoms with Crippen LogP contribution in [-0.4, -0.2) is 31.0 Å². The lowest BCUT2D eigenvalue weighted by atomic mass is 10.1. The molecule has 1 amide bonds. The largest absolute Gasteiger partial charge is 0.497 e. The number of H-pyrrole nitrogens is 1. The molecule has 0 fully saturated rings. The van der Waals surface area contributed by atoms with Gasteiger partial charge in [0.15, 0.2) is 0 Å². The number of nitrogens with zero attached hydrogens (tertiary/aromatic N) is 1. The highest BCUT2D eigenvalue weighted by Gasteiger charge is 2.19. The number of hydrogen-bond acceptors (Lipinski definition) is 5. The van der Waals surface area contributed by atoms with Gasteiger partial charge < -0.3 is 15.0 Å². The van der Waals surface area contributed by atoms with Crippen LogP contribution < -0.4 is 20.5 Å². The minimum absolute atomic E-state index is 0.0452. The Kier molecular flexibility index (Phi) is 6.48. The third kappa shape index (κ3) is 5.12. The van der Waals surface area contributed by atoms with Crippen LogP contribution in [0.2, 0.25) is 0 Å². The second-order valence-corrected chi connectivity index (χ2v) is 9.54. The van der Waals surface area contributed by atoms with Crippen molar-refractivity contribution in [2.24, 2.45) is 0 Å². The number of benzene rings is 3. The molecule has 0 bridgehead atoms. The average Bonchev–Trinajstić information content (AvgIpc) is 3.18. The lowest BCUT2D eigenvalue weighted by Gasteiger charge is -2.13. The molecule has 180 valence electrons. The van der Waals surface area contributed by atoms with Crippen LogP contribution in [0.4, 0.5) is 11.4 Å². The van der Waals surface area contributed by atoms with Crippen molar-refractivity contribution in [2.75, 3.05) is 17.1 Å². The van der Waals surface area contributed by atoms with E-state index in [1.807, 2.05) is 0 Å².